The van der Waals surface area contributed by atoms with E-state index in [0.717, 1.165) is 19.3 Å². The van der Waals surface area contributed by atoms with Gasteiger partial charge in [-0.1, -0.05) is 39.0 Å². The van der Waals surface area contributed by atoms with E-state index in [2.05, 4.69) is 22.3 Å². The maximum absolute atomic E-state index is 12.2. The highest BCUT2D eigenvalue weighted by molar-refractivity contribution is 7.91. The van der Waals surface area contributed by atoms with Gasteiger partial charge in [0, 0.05) is 0 Å². The molecule has 2 rings (SSSR count). The van der Waals surface area contributed by atoms with Crippen LogP contribution in [0.5, 0.6) is 0 Å². The monoisotopic (exact) mass is 295 g/mol. The first kappa shape index (κ1) is 15.0. The molecule has 0 bridgehead atoms. The minimum absolute atomic E-state index is 0.211. The molecule has 5 nitrogen and oxygen atoms in total. The molecule has 0 saturated heterocycles. The van der Waals surface area contributed by atoms with Crippen molar-refractivity contribution in [1.82, 2.24) is 15.4 Å². The third kappa shape index (κ3) is 3.79. The van der Waals surface area contributed by atoms with Crippen molar-refractivity contribution in [2.45, 2.75) is 50.3 Å². The number of unbranched alkanes of at least 4 members (excludes halogenated alkanes) is 5. The molecule has 0 unspecified atom stereocenters. The molecule has 1 N–H and O–H groups in total. The number of benzene rings is 1. The SMILES string of the molecule is CCCCCCCCS(=O)(=O)c1ccc2n[nH]nc2c1. The second-order valence-electron chi connectivity index (χ2n) is 5.06. The largest absolute Gasteiger partial charge is 0.224 e. The van der Waals surface area contributed by atoms with Crippen LogP contribution in [0.15, 0.2) is 23.1 Å². The molecule has 0 radical (unpaired) electrons. The highest BCUT2D eigenvalue weighted by Crippen LogP contribution is 2.18. The smallest absolute Gasteiger partial charge is 0.178 e. The summed E-state index contributed by atoms with van der Waals surface area (Å²) >= 11 is 0. The zero-order chi connectivity index (χ0) is 14.4. The number of aromatic amines is 1. The molecule has 110 valence electrons. The predicted molar refractivity (Wildman–Crippen MR) is 79.3 cm³/mol. The number of nitrogens with zero attached hydrogens (tertiary/aromatic N) is 2. The van der Waals surface area contributed by atoms with Crippen LogP contribution in [0, 0.1) is 0 Å². The lowest BCUT2D eigenvalue weighted by Gasteiger charge is -2.04. The van der Waals surface area contributed by atoms with E-state index in [4.69, 9.17) is 0 Å². The summed E-state index contributed by atoms with van der Waals surface area (Å²) in [5, 5.41) is 10.3. The molecule has 0 aliphatic rings. The van der Waals surface area contributed by atoms with Gasteiger partial charge in [0.05, 0.1) is 10.6 Å². The van der Waals surface area contributed by atoms with Gasteiger partial charge in [-0.25, -0.2) is 8.42 Å². The molecule has 0 amide bonds. The van der Waals surface area contributed by atoms with Gasteiger partial charge in [0.1, 0.15) is 11.0 Å². The first-order valence-corrected chi connectivity index (χ1v) is 8.82. The summed E-state index contributed by atoms with van der Waals surface area (Å²) < 4.78 is 24.5. The Morgan fingerprint density at radius 2 is 1.70 bits per heavy atom. The second-order valence-corrected chi connectivity index (χ2v) is 7.17. The van der Waals surface area contributed by atoms with E-state index in [1.165, 1.54) is 19.3 Å². The van der Waals surface area contributed by atoms with E-state index in [0.29, 0.717) is 15.9 Å². The van der Waals surface area contributed by atoms with Crippen molar-refractivity contribution in [1.29, 1.82) is 0 Å². The lowest BCUT2D eigenvalue weighted by atomic mass is 10.1. The van der Waals surface area contributed by atoms with E-state index in [9.17, 15) is 8.42 Å². The molecular formula is C14H21N3O2S. The standard InChI is InChI=1S/C14H21N3O2S/c1-2-3-4-5-6-7-10-20(18,19)12-8-9-13-14(11-12)16-17-15-13/h8-9,11H,2-7,10H2,1H3,(H,15,16,17). The maximum Gasteiger partial charge on any atom is 0.178 e. The Hall–Kier alpha value is -1.43. The van der Waals surface area contributed by atoms with Gasteiger partial charge in [0.15, 0.2) is 9.84 Å². The van der Waals surface area contributed by atoms with Crippen LogP contribution in [0.3, 0.4) is 0 Å². The van der Waals surface area contributed by atoms with E-state index < -0.39 is 9.84 Å². The van der Waals surface area contributed by atoms with Crippen LogP contribution in [0.2, 0.25) is 0 Å². The molecule has 6 heteroatoms. The van der Waals surface area contributed by atoms with E-state index in [1.807, 2.05) is 0 Å². The number of H-pyrrole nitrogens is 1. The Bertz CT molecular complexity index is 649. The molecule has 0 atom stereocenters. The Kier molecular flexibility index (Phi) is 5.11. The Balaban J connectivity index is 1.92. The van der Waals surface area contributed by atoms with Crippen molar-refractivity contribution in [3.05, 3.63) is 18.2 Å². The summed E-state index contributed by atoms with van der Waals surface area (Å²) in [7, 11) is -3.20. The normalized spacial score (nSPS) is 12.1. The fraction of sp³-hybridized carbons (Fsp3) is 0.571. The molecule has 0 aliphatic heterocycles. The first-order valence-electron chi connectivity index (χ1n) is 7.17. The van der Waals surface area contributed by atoms with Gasteiger partial charge in [-0.3, -0.25) is 0 Å². The number of hydrogen-bond donors (Lipinski definition) is 1. The fourth-order valence-corrected chi connectivity index (χ4v) is 3.59. The van der Waals surface area contributed by atoms with Crippen molar-refractivity contribution >= 4 is 20.9 Å². The quantitative estimate of drug-likeness (QED) is 0.759. The second kappa shape index (κ2) is 6.83. The van der Waals surface area contributed by atoms with Gasteiger partial charge in [0.25, 0.3) is 0 Å². The highest BCUT2D eigenvalue weighted by Gasteiger charge is 2.15. The van der Waals surface area contributed by atoms with E-state index in [-0.39, 0.29) is 5.75 Å². The summed E-state index contributed by atoms with van der Waals surface area (Å²) in [5.74, 6) is 0.211. The van der Waals surface area contributed by atoms with Crippen LogP contribution >= 0.6 is 0 Å². The average molecular weight is 295 g/mol. The number of hydrogen-bond acceptors (Lipinski definition) is 4. The number of fused-ring (bicyclic) bond motifs is 1. The van der Waals surface area contributed by atoms with E-state index >= 15 is 0 Å². The van der Waals surface area contributed by atoms with Crippen molar-refractivity contribution < 1.29 is 8.42 Å². The summed E-state index contributed by atoms with van der Waals surface area (Å²) in [5.41, 5.74) is 1.28. The molecule has 0 saturated carbocycles. The predicted octanol–water partition coefficient (Wildman–Crippen LogP) is 3.09. The van der Waals surface area contributed by atoms with Crippen molar-refractivity contribution in [3.63, 3.8) is 0 Å². The molecular weight excluding hydrogens is 274 g/mol. The molecule has 1 aromatic carbocycles. The Morgan fingerprint density at radius 1 is 1.00 bits per heavy atom. The highest BCUT2D eigenvalue weighted by atomic mass is 32.2. The maximum atomic E-state index is 12.2. The lowest BCUT2D eigenvalue weighted by molar-refractivity contribution is 0.583. The number of aromatic nitrogens is 3. The number of rotatable bonds is 8. The summed E-state index contributed by atoms with van der Waals surface area (Å²) in [6.45, 7) is 2.17. The van der Waals surface area contributed by atoms with Crippen LogP contribution in [0.25, 0.3) is 11.0 Å². The fourth-order valence-electron chi connectivity index (χ4n) is 2.20. The van der Waals surface area contributed by atoms with Crippen LogP contribution in [-0.2, 0) is 9.84 Å². The zero-order valence-electron chi connectivity index (χ0n) is 11.8. The van der Waals surface area contributed by atoms with Crippen molar-refractivity contribution in [3.8, 4) is 0 Å². The molecule has 2 aromatic rings. The molecule has 20 heavy (non-hydrogen) atoms. The van der Waals surface area contributed by atoms with Gasteiger partial charge in [-0.05, 0) is 24.6 Å². The molecule has 1 heterocycles. The minimum Gasteiger partial charge on any atom is -0.224 e. The summed E-state index contributed by atoms with van der Waals surface area (Å²) in [4.78, 5) is 0.340. The van der Waals surface area contributed by atoms with Crippen LogP contribution in [0.4, 0.5) is 0 Å². The Morgan fingerprint density at radius 3 is 2.50 bits per heavy atom. The number of nitrogens with one attached hydrogen (secondary N) is 1. The topological polar surface area (TPSA) is 75.7 Å². The Labute approximate surface area is 119 Å². The molecule has 0 aliphatic carbocycles. The summed E-state index contributed by atoms with van der Waals surface area (Å²) in [6.07, 6.45) is 6.45. The van der Waals surface area contributed by atoms with Crippen LogP contribution < -0.4 is 0 Å². The third-order valence-corrected chi connectivity index (χ3v) is 5.21. The average Bonchev–Trinajstić information content (AvgIpc) is 2.90. The minimum atomic E-state index is -3.20. The lowest BCUT2D eigenvalue weighted by Crippen LogP contribution is -2.06. The van der Waals surface area contributed by atoms with Crippen molar-refractivity contribution in [2.24, 2.45) is 0 Å². The molecule has 0 spiro atoms. The van der Waals surface area contributed by atoms with Gasteiger partial charge < -0.3 is 0 Å². The van der Waals surface area contributed by atoms with Gasteiger partial charge in [-0.2, -0.15) is 15.4 Å². The van der Waals surface area contributed by atoms with Gasteiger partial charge in [0.2, 0.25) is 0 Å². The summed E-state index contributed by atoms with van der Waals surface area (Å²) in [6, 6.07) is 4.88. The number of sulfone groups is 1. The third-order valence-electron chi connectivity index (χ3n) is 3.41. The van der Waals surface area contributed by atoms with E-state index in [1.54, 1.807) is 18.2 Å². The van der Waals surface area contributed by atoms with Crippen molar-refractivity contribution in [2.75, 3.05) is 5.75 Å². The molecule has 0 fully saturated rings. The zero-order valence-corrected chi connectivity index (χ0v) is 12.6. The first-order chi connectivity index (χ1) is 9.63. The van der Waals surface area contributed by atoms with Crippen LogP contribution in [-0.4, -0.2) is 29.6 Å². The van der Waals surface area contributed by atoms with Gasteiger partial charge in [-0.15, -0.1) is 0 Å². The van der Waals surface area contributed by atoms with Gasteiger partial charge >= 0.3 is 0 Å². The molecule has 1 aromatic heterocycles. The van der Waals surface area contributed by atoms with Crippen LogP contribution in [0.1, 0.15) is 45.4 Å².